The van der Waals surface area contributed by atoms with Crippen LogP contribution in [0.1, 0.15) is 26.2 Å². The van der Waals surface area contributed by atoms with Crippen molar-refractivity contribution in [1.29, 1.82) is 0 Å². The molecule has 0 heterocycles. The van der Waals surface area contributed by atoms with Crippen molar-refractivity contribution in [3.8, 4) is 0 Å². The molecule has 0 aromatic carbocycles. The van der Waals surface area contributed by atoms with Crippen molar-refractivity contribution in [3.63, 3.8) is 0 Å². The van der Waals surface area contributed by atoms with Gasteiger partial charge in [0.15, 0.2) is 0 Å². The number of hydrogen-bond acceptors (Lipinski definition) is 6. The van der Waals surface area contributed by atoms with E-state index in [-0.39, 0.29) is 31.1 Å². The van der Waals surface area contributed by atoms with Crippen LogP contribution >= 0.6 is 0 Å². The average molecular weight is 281 g/mol. The summed E-state index contributed by atoms with van der Waals surface area (Å²) in [7, 11) is -2.30. The van der Waals surface area contributed by atoms with E-state index in [4.69, 9.17) is 4.74 Å². The zero-order chi connectivity index (χ0) is 14.0. The van der Waals surface area contributed by atoms with Gasteiger partial charge < -0.3 is 9.47 Å². The molecule has 0 radical (unpaired) electrons. The zero-order valence-corrected chi connectivity index (χ0v) is 11.4. The summed E-state index contributed by atoms with van der Waals surface area (Å²) >= 11 is 0. The summed E-state index contributed by atoms with van der Waals surface area (Å²) in [5.74, 6) is -1.25. The maximum Gasteiger partial charge on any atom is 0.306 e. The number of methoxy groups -OCH3 is 1. The topological polar surface area (TPSA) is 98.8 Å². The van der Waals surface area contributed by atoms with Gasteiger partial charge in [0.1, 0.15) is 0 Å². The highest BCUT2D eigenvalue weighted by Gasteiger charge is 2.13. The molecule has 0 aromatic rings. The summed E-state index contributed by atoms with van der Waals surface area (Å²) in [6.45, 7) is 2.15. The minimum atomic E-state index is -3.50. The largest absolute Gasteiger partial charge is 0.469 e. The molecule has 0 unspecified atom stereocenters. The molecule has 0 bridgehead atoms. The van der Waals surface area contributed by atoms with Crippen LogP contribution in [0, 0.1) is 0 Å². The van der Waals surface area contributed by atoms with E-state index in [9.17, 15) is 18.0 Å². The molecule has 0 saturated carbocycles. The molecule has 0 aromatic heterocycles. The van der Waals surface area contributed by atoms with Crippen molar-refractivity contribution in [2.75, 3.05) is 26.0 Å². The van der Waals surface area contributed by atoms with Crippen LogP contribution in [0.25, 0.3) is 0 Å². The third-order valence-corrected chi connectivity index (χ3v) is 3.37. The first-order valence-electron chi connectivity index (χ1n) is 5.61. The fraction of sp³-hybridized carbons (Fsp3) is 0.800. The van der Waals surface area contributed by atoms with Gasteiger partial charge in [-0.05, 0) is 13.3 Å². The molecule has 0 aliphatic carbocycles. The molecule has 0 atom stereocenters. The van der Waals surface area contributed by atoms with Crippen LogP contribution < -0.4 is 4.72 Å². The zero-order valence-electron chi connectivity index (χ0n) is 10.6. The summed E-state index contributed by atoms with van der Waals surface area (Å²) < 4.78 is 34.1. The first-order valence-corrected chi connectivity index (χ1v) is 7.26. The number of hydrogen-bond donors (Lipinski definition) is 1. The van der Waals surface area contributed by atoms with Crippen molar-refractivity contribution < 1.29 is 27.5 Å². The second kappa shape index (κ2) is 8.87. The number of ether oxygens (including phenoxy) is 2. The molecule has 18 heavy (non-hydrogen) atoms. The van der Waals surface area contributed by atoms with Gasteiger partial charge in [-0.25, -0.2) is 13.1 Å². The van der Waals surface area contributed by atoms with E-state index >= 15 is 0 Å². The molecule has 0 fully saturated rings. The number of sulfonamides is 1. The van der Waals surface area contributed by atoms with Gasteiger partial charge in [0, 0.05) is 13.0 Å². The van der Waals surface area contributed by atoms with E-state index in [0.29, 0.717) is 13.0 Å². The van der Waals surface area contributed by atoms with Crippen molar-refractivity contribution in [2.24, 2.45) is 0 Å². The highest BCUT2D eigenvalue weighted by atomic mass is 32.2. The van der Waals surface area contributed by atoms with E-state index in [1.54, 1.807) is 6.92 Å². The number of carbonyl (C=O) groups excluding carboxylic acids is 2. The smallest absolute Gasteiger partial charge is 0.306 e. The fourth-order valence-electron chi connectivity index (χ4n) is 1.09. The van der Waals surface area contributed by atoms with Crippen molar-refractivity contribution in [1.82, 2.24) is 4.72 Å². The Kier molecular flexibility index (Phi) is 8.30. The summed E-state index contributed by atoms with van der Waals surface area (Å²) in [6, 6.07) is 0. The number of carbonyl (C=O) groups is 2. The lowest BCUT2D eigenvalue weighted by molar-refractivity contribution is -0.143. The van der Waals surface area contributed by atoms with Gasteiger partial charge in [0.05, 0.1) is 25.9 Å². The summed E-state index contributed by atoms with van der Waals surface area (Å²) in [5, 5.41) is 0. The van der Waals surface area contributed by atoms with Crippen molar-refractivity contribution in [3.05, 3.63) is 0 Å². The van der Waals surface area contributed by atoms with Gasteiger partial charge in [-0.15, -0.1) is 0 Å². The molecule has 0 rings (SSSR count). The normalized spacial score (nSPS) is 11.0. The van der Waals surface area contributed by atoms with Gasteiger partial charge in [-0.3, -0.25) is 9.59 Å². The van der Waals surface area contributed by atoms with Crippen LogP contribution in [0.2, 0.25) is 0 Å². The Morgan fingerprint density at radius 2 is 1.83 bits per heavy atom. The van der Waals surface area contributed by atoms with Crippen LogP contribution in [0.15, 0.2) is 0 Å². The first kappa shape index (κ1) is 16.9. The summed E-state index contributed by atoms with van der Waals surface area (Å²) in [4.78, 5) is 21.7. The third kappa shape index (κ3) is 8.94. The Morgan fingerprint density at radius 3 is 2.39 bits per heavy atom. The minimum Gasteiger partial charge on any atom is -0.469 e. The highest BCUT2D eigenvalue weighted by Crippen LogP contribution is 1.95. The molecule has 106 valence electrons. The van der Waals surface area contributed by atoms with E-state index in [2.05, 4.69) is 9.46 Å². The third-order valence-electron chi connectivity index (χ3n) is 1.99. The molecule has 1 N–H and O–H groups in total. The Labute approximate surface area is 107 Å². The van der Waals surface area contributed by atoms with Gasteiger partial charge in [0.2, 0.25) is 10.0 Å². The van der Waals surface area contributed by atoms with Gasteiger partial charge >= 0.3 is 11.9 Å². The Balaban J connectivity index is 3.77. The molecule has 0 amide bonds. The summed E-state index contributed by atoms with van der Waals surface area (Å²) in [6.07, 6.45) is 0.327. The van der Waals surface area contributed by atoms with Gasteiger partial charge in [-0.1, -0.05) is 0 Å². The monoisotopic (exact) mass is 281 g/mol. The lowest BCUT2D eigenvalue weighted by atomic mass is 10.3. The van der Waals surface area contributed by atoms with Crippen molar-refractivity contribution >= 4 is 22.0 Å². The second-order valence-electron chi connectivity index (χ2n) is 3.45. The predicted molar refractivity (Wildman–Crippen MR) is 64.3 cm³/mol. The highest BCUT2D eigenvalue weighted by molar-refractivity contribution is 7.89. The van der Waals surface area contributed by atoms with Crippen LogP contribution in [0.5, 0.6) is 0 Å². The lowest BCUT2D eigenvalue weighted by Crippen LogP contribution is -2.29. The standard InChI is InChI=1S/C10H19NO6S/c1-3-17-10(13)5-4-7-11-18(14,15)8-6-9(12)16-2/h11H,3-8H2,1-2H3. The SMILES string of the molecule is CCOC(=O)CCCNS(=O)(=O)CCC(=O)OC. The summed E-state index contributed by atoms with van der Waals surface area (Å²) in [5.41, 5.74) is 0. The van der Waals surface area contributed by atoms with Crippen LogP contribution in [0.3, 0.4) is 0 Å². The Morgan fingerprint density at radius 1 is 1.17 bits per heavy atom. The number of nitrogens with one attached hydrogen (secondary N) is 1. The molecular weight excluding hydrogens is 262 g/mol. The van der Waals surface area contributed by atoms with E-state index in [0.717, 1.165) is 0 Å². The van der Waals surface area contributed by atoms with Gasteiger partial charge in [0.25, 0.3) is 0 Å². The van der Waals surface area contributed by atoms with E-state index in [1.165, 1.54) is 7.11 Å². The minimum absolute atomic E-state index is 0.141. The van der Waals surface area contributed by atoms with Crippen LogP contribution in [-0.2, 0) is 29.1 Å². The predicted octanol–water partition coefficient (Wildman–Crippen LogP) is -0.188. The molecule has 8 heteroatoms. The first-order chi connectivity index (χ1) is 8.41. The Bertz CT molecular complexity index is 365. The number of esters is 2. The average Bonchev–Trinajstić information content (AvgIpc) is 2.32. The molecule has 0 aliphatic heterocycles. The van der Waals surface area contributed by atoms with E-state index < -0.39 is 16.0 Å². The molecule has 7 nitrogen and oxygen atoms in total. The lowest BCUT2D eigenvalue weighted by Gasteiger charge is -2.06. The van der Waals surface area contributed by atoms with Gasteiger partial charge in [-0.2, -0.15) is 0 Å². The fourth-order valence-corrected chi connectivity index (χ4v) is 2.12. The molecule has 0 aliphatic rings. The van der Waals surface area contributed by atoms with Crippen molar-refractivity contribution in [2.45, 2.75) is 26.2 Å². The van der Waals surface area contributed by atoms with Crippen LogP contribution in [0.4, 0.5) is 0 Å². The Hall–Kier alpha value is -1.15. The maximum absolute atomic E-state index is 11.4. The number of rotatable bonds is 9. The molecular formula is C10H19NO6S. The van der Waals surface area contributed by atoms with E-state index in [1.807, 2.05) is 0 Å². The van der Waals surface area contributed by atoms with Crippen LogP contribution in [-0.4, -0.2) is 46.4 Å². The second-order valence-corrected chi connectivity index (χ2v) is 5.37. The maximum atomic E-state index is 11.4. The molecule has 0 spiro atoms. The quantitative estimate of drug-likeness (QED) is 0.464. The molecule has 0 saturated heterocycles.